The first-order valence-corrected chi connectivity index (χ1v) is 3.83. The van der Waals surface area contributed by atoms with E-state index in [1.807, 2.05) is 6.92 Å². The molecule has 0 saturated carbocycles. The lowest BCUT2D eigenvalue weighted by Crippen LogP contribution is -2.35. The summed E-state index contributed by atoms with van der Waals surface area (Å²) in [6.45, 7) is 3.85. The lowest BCUT2D eigenvalue weighted by Gasteiger charge is -2.08. The molecule has 1 atom stereocenters. The van der Waals surface area contributed by atoms with E-state index in [1.54, 1.807) is 0 Å². The van der Waals surface area contributed by atoms with Gasteiger partial charge in [-0.05, 0) is 13.0 Å². The zero-order chi connectivity index (χ0) is 7.40. The van der Waals surface area contributed by atoms with Crippen molar-refractivity contribution < 1.29 is 4.79 Å². The van der Waals surface area contributed by atoms with Gasteiger partial charge >= 0.3 is 0 Å². The maximum atomic E-state index is 10.8. The number of rotatable bonds is 2. The maximum absolute atomic E-state index is 10.8. The Bertz CT molecular complexity index is 119. The van der Waals surface area contributed by atoms with Gasteiger partial charge in [-0.1, -0.05) is 6.92 Å². The van der Waals surface area contributed by atoms with Gasteiger partial charge in [0.2, 0.25) is 5.91 Å². The summed E-state index contributed by atoms with van der Waals surface area (Å²) < 4.78 is 0. The third kappa shape index (κ3) is 1.99. The zero-order valence-corrected chi connectivity index (χ0v) is 6.31. The van der Waals surface area contributed by atoms with E-state index in [0.29, 0.717) is 12.5 Å². The number of nitrogens with one attached hydrogen (secondary N) is 2. The van der Waals surface area contributed by atoms with Gasteiger partial charge in [0.15, 0.2) is 0 Å². The molecular formula is C7H14N2O. The summed E-state index contributed by atoms with van der Waals surface area (Å²) in [5.41, 5.74) is 0. The average molecular weight is 142 g/mol. The fourth-order valence-electron chi connectivity index (χ4n) is 1.11. The number of carbonyl (C=O) groups is 1. The van der Waals surface area contributed by atoms with E-state index in [9.17, 15) is 4.79 Å². The second-order valence-electron chi connectivity index (χ2n) is 2.61. The molecule has 1 amide bonds. The molecule has 10 heavy (non-hydrogen) atoms. The summed E-state index contributed by atoms with van der Waals surface area (Å²) in [5.74, 6) is 0.161. The van der Waals surface area contributed by atoms with Gasteiger partial charge in [-0.2, -0.15) is 0 Å². The molecule has 58 valence electrons. The Balaban J connectivity index is 2.17. The van der Waals surface area contributed by atoms with Crippen LogP contribution in [0.25, 0.3) is 0 Å². The van der Waals surface area contributed by atoms with Crippen LogP contribution in [0.3, 0.4) is 0 Å². The van der Waals surface area contributed by atoms with Crippen LogP contribution in [-0.4, -0.2) is 25.0 Å². The van der Waals surface area contributed by atoms with E-state index in [4.69, 9.17) is 0 Å². The van der Waals surface area contributed by atoms with E-state index < -0.39 is 0 Å². The first-order chi connectivity index (χ1) is 4.83. The van der Waals surface area contributed by atoms with Crippen LogP contribution < -0.4 is 10.6 Å². The molecule has 0 radical (unpaired) electrons. The van der Waals surface area contributed by atoms with E-state index in [-0.39, 0.29) is 5.91 Å². The molecule has 1 heterocycles. The lowest BCUT2D eigenvalue weighted by atomic mass is 10.2. The van der Waals surface area contributed by atoms with Crippen molar-refractivity contribution in [3.8, 4) is 0 Å². The zero-order valence-electron chi connectivity index (χ0n) is 6.31. The Kier molecular flexibility index (Phi) is 2.68. The number of hydrogen-bond acceptors (Lipinski definition) is 2. The Hall–Kier alpha value is -0.570. The molecule has 0 spiro atoms. The summed E-state index contributed by atoms with van der Waals surface area (Å²) in [7, 11) is 0. The molecule has 0 bridgehead atoms. The van der Waals surface area contributed by atoms with Crippen molar-refractivity contribution in [3.05, 3.63) is 0 Å². The highest BCUT2D eigenvalue weighted by Gasteiger charge is 2.14. The van der Waals surface area contributed by atoms with Crippen molar-refractivity contribution in [2.45, 2.75) is 25.8 Å². The van der Waals surface area contributed by atoms with Crippen LogP contribution in [0, 0.1) is 0 Å². The van der Waals surface area contributed by atoms with Crippen LogP contribution in [0.2, 0.25) is 0 Å². The summed E-state index contributed by atoms with van der Waals surface area (Å²) in [6, 6.07) is 0.382. The predicted octanol–water partition coefficient (Wildman–Crippen LogP) is -0.126. The van der Waals surface area contributed by atoms with Gasteiger partial charge in [0.25, 0.3) is 0 Å². The number of amides is 1. The molecule has 0 aliphatic carbocycles. The Labute approximate surface area is 61.2 Å². The van der Waals surface area contributed by atoms with Gasteiger partial charge in [-0.3, -0.25) is 4.79 Å². The predicted molar refractivity (Wildman–Crippen MR) is 39.7 cm³/mol. The third-order valence-corrected chi connectivity index (χ3v) is 1.75. The van der Waals surface area contributed by atoms with Crippen LogP contribution in [-0.2, 0) is 4.79 Å². The Morgan fingerprint density at radius 3 is 3.10 bits per heavy atom. The highest BCUT2D eigenvalue weighted by Crippen LogP contribution is 1.96. The van der Waals surface area contributed by atoms with Gasteiger partial charge in [-0.15, -0.1) is 0 Å². The molecule has 2 N–H and O–H groups in total. The van der Waals surface area contributed by atoms with Crippen LogP contribution in [0.15, 0.2) is 0 Å². The third-order valence-electron chi connectivity index (χ3n) is 1.75. The Morgan fingerprint density at radius 1 is 1.80 bits per heavy atom. The molecule has 1 aliphatic heterocycles. The molecule has 0 aromatic carbocycles. The van der Waals surface area contributed by atoms with Crippen LogP contribution in [0.4, 0.5) is 0 Å². The molecule has 0 aromatic heterocycles. The first-order valence-electron chi connectivity index (χ1n) is 3.83. The smallest absolute Gasteiger partial charge is 0.219 e. The van der Waals surface area contributed by atoms with Crippen molar-refractivity contribution in [2.75, 3.05) is 13.1 Å². The number of carbonyl (C=O) groups excluding carboxylic acids is 1. The van der Waals surface area contributed by atoms with Gasteiger partial charge in [-0.25, -0.2) is 0 Å². The molecule has 1 saturated heterocycles. The molecule has 1 fully saturated rings. The normalized spacial score (nSPS) is 24.7. The lowest BCUT2D eigenvalue weighted by molar-refractivity contribution is -0.121. The second kappa shape index (κ2) is 3.56. The highest BCUT2D eigenvalue weighted by atomic mass is 16.1. The van der Waals surface area contributed by atoms with Gasteiger partial charge in [0, 0.05) is 19.0 Å². The van der Waals surface area contributed by atoms with Crippen molar-refractivity contribution >= 4 is 5.91 Å². The summed E-state index contributed by atoms with van der Waals surface area (Å²) in [6.07, 6.45) is 1.67. The minimum Gasteiger partial charge on any atom is -0.352 e. The topological polar surface area (TPSA) is 41.1 Å². The SMILES string of the molecule is CCC(=O)NC1CCNC1. The van der Waals surface area contributed by atoms with Crippen molar-refractivity contribution in [2.24, 2.45) is 0 Å². The fourth-order valence-corrected chi connectivity index (χ4v) is 1.11. The summed E-state index contributed by atoms with van der Waals surface area (Å²) in [5, 5.41) is 6.11. The largest absolute Gasteiger partial charge is 0.352 e. The van der Waals surface area contributed by atoms with Crippen LogP contribution >= 0.6 is 0 Å². The monoisotopic (exact) mass is 142 g/mol. The maximum Gasteiger partial charge on any atom is 0.219 e. The minimum absolute atomic E-state index is 0.161. The van der Waals surface area contributed by atoms with Crippen molar-refractivity contribution in [1.29, 1.82) is 0 Å². The van der Waals surface area contributed by atoms with E-state index in [0.717, 1.165) is 19.5 Å². The van der Waals surface area contributed by atoms with Gasteiger partial charge in [0.1, 0.15) is 0 Å². The van der Waals surface area contributed by atoms with Crippen LogP contribution in [0.5, 0.6) is 0 Å². The first kappa shape index (κ1) is 7.54. The molecule has 1 unspecified atom stereocenters. The fraction of sp³-hybridized carbons (Fsp3) is 0.857. The second-order valence-corrected chi connectivity index (χ2v) is 2.61. The highest BCUT2D eigenvalue weighted by molar-refractivity contribution is 5.75. The minimum atomic E-state index is 0.161. The summed E-state index contributed by atoms with van der Waals surface area (Å²) in [4.78, 5) is 10.8. The molecular weight excluding hydrogens is 128 g/mol. The molecule has 3 heteroatoms. The van der Waals surface area contributed by atoms with E-state index in [1.165, 1.54) is 0 Å². The van der Waals surface area contributed by atoms with Gasteiger partial charge < -0.3 is 10.6 Å². The van der Waals surface area contributed by atoms with Gasteiger partial charge in [0.05, 0.1) is 0 Å². The standard InChI is InChI=1S/C7H14N2O/c1-2-7(10)9-6-3-4-8-5-6/h6,8H,2-5H2,1H3,(H,9,10). The summed E-state index contributed by atoms with van der Waals surface area (Å²) >= 11 is 0. The average Bonchev–Trinajstić information content (AvgIpc) is 2.40. The Morgan fingerprint density at radius 2 is 2.60 bits per heavy atom. The van der Waals surface area contributed by atoms with E-state index >= 15 is 0 Å². The van der Waals surface area contributed by atoms with Crippen molar-refractivity contribution in [1.82, 2.24) is 10.6 Å². The quantitative estimate of drug-likeness (QED) is 0.564. The molecule has 1 aliphatic rings. The van der Waals surface area contributed by atoms with Crippen molar-refractivity contribution in [3.63, 3.8) is 0 Å². The molecule has 3 nitrogen and oxygen atoms in total. The number of hydrogen-bond donors (Lipinski definition) is 2. The van der Waals surface area contributed by atoms with E-state index in [2.05, 4.69) is 10.6 Å². The molecule has 1 rings (SSSR count). The van der Waals surface area contributed by atoms with Crippen LogP contribution in [0.1, 0.15) is 19.8 Å². The molecule has 0 aromatic rings.